The average Bonchev–Trinajstić information content (AvgIpc) is 2.73. The van der Waals surface area contributed by atoms with Crippen LogP contribution in [0.4, 0.5) is 5.69 Å². The third-order valence-corrected chi connectivity index (χ3v) is 6.60. The minimum absolute atomic E-state index is 0.0276. The topological polar surface area (TPSA) is 96.7 Å². The van der Waals surface area contributed by atoms with E-state index in [1.807, 2.05) is 0 Å². The van der Waals surface area contributed by atoms with Crippen LogP contribution < -0.4 is 10.3 Å². The smallest absolute Gasteiger partial charge is 0.336 e. The molecule has 0 bridgehead atoms. The standard InChI is InChI=1S/C21H19ClN2O5S/c22-15-5-7-17(21(26)24-10-2-1-3-11-24)18(13-15)23-30(27,28)16-6-8-19-14(12-16)4-9-20(25)29-19/h4-9,12-13,23H,1-3,10-11H2. The summed E-state index contributed by atoms with van der Waals surface area (Å²) in [5.41, 5.74) is 0.135. The molecule has 1 N–H and O–H groups in total. The number of fused-ring (bicyclic) bond motifs is 1. The molecule has 1 amide bonds. The molecular formula is C21H19ClN2O5S. The van der Waals surface area contributed by atoms with E-state index < -0.39 is 15.6 Å². The number of rotatable bonds is 4. The minimum atomic E-state index is -4.02. The van der Waals surface area contributed by atoms with Crippen LogP contribution >= 0.6 is 11.6 Å². The van der Waals surface area contributed by atoms with Gasteiger partial charge in [-0.3, -0.25) is 9.52 Å². The second-order valence-corrected chi connectivity index (χ2v) is 9.22. The number of amides is 1. The van der Waals surface area contributed by atoms with Crippen LogP contribution in [-0.4, -0.2) is 32.3 Å². The molecule has 0 unspecified atom stereocenters. The van der Waals surface area contributed by atoms with E-state index >= 15 is 0 Å². The van der Waals surface area contributed by atoms with Gasteiger partial charge in [-0.15, -0.1) is 0 Å². The summed E-state index contributed by atoms with van der Waals surface area (Å²) in [6, 6.07) is 11.4. The fraction of sp³-hybridized carbons (Fsp3) is 0.238. The van der Waals surface area contributed by atoms with E-state index in [1.165, 1.54) is 42.5 Å². The van der Waals surface area contributed by atoms with Gasteiger partial charge in [0.2, 0.25) is 0 Å². The highest BCUT2D eigenvalue weighted by atomic mass is 35.5. The van der Waals surface area contributed by atoms with Crippen LogP contribution in [0.5, 0.6) is 0 Å². The van der Waals surface area contributed by atoms with Gasteiger partial charge in [-0.05, 0) is 61.7 Å². The predicted molar refractivity (Wildman–Crippen MR) is 114 cm³/mol. The summed E-state index contributed by atoms with van der Waals surface area (Å²) < 4.78 is 33.5. The molecule has 0 aliphatic carbocycles. The van der Waals surface area contributed by atoms with Crippen LogP contribution in [-0.2, 0) is 10.0 Å². The summed E-state index contributed by atoms with van der Waals surface area (Å²) in [6.45, 7) is 1.28. The Bertz CT molecular complexity index is 1280. The van der Waals surface area contributed by atoms with Gasteiger partial charge < -0.3 is 9.32 Å². The summed E-state index contributed by atoms with van der Waals surface area (Å²) in [5, 5.41) is 0.774. The van der Waals surface area contributed by atoms with Crippen molar-refractivity contribution in [2.45, 2.75) is 24.2 Å². The lowest BCUT2D eigenvalue weighted by Crippen LogP contribution is -2.36. The van der Waals surface area contributed by atoms with Crippen molar-refractivity contribution >= 4 is 44.2 Å². The Morgan fingerprint density at radius 2 is 1.77 bits per heavy atom. The monoisotopic (exact) mass is 446 g/mol. The molecule has 0 radical (unpaired) electrons. The van der Waals surface area contributed by atoms with E-state index in [0.29, 0.717) is 23.5 Å². The molecule has 4 rings (SSSR count). The average molecular weight is 447 g/mol. The zero-order valence-electron chi connectivity index (χ0n) is 15.9. The van der Waals surface area contributed by atoms with Crippen LogP contribution in [0.1, 0.15) is 29.6 Å². The Labute approximate surface area is 178 Å². The Morgan fingerprint density at radius 3 is 2.53 bits per heavy atom. The van der Waals surface area contributed by atoms with Crippen LogP contribution in [0.3, 0.4) is 0 Å². The molecule has 156 valence electrons. The van der Waals surface area contributed by atoms with Gasteiger partial charge in [0.05, 0.1) is 16.1 Å². The van der Waals surface area contributed by atoms with Crippen molar-refractivity contribution in [3.05, 3.63) is 69.5 Å². The number of halogens is 1. The molecule has 3 aromatic rings. The molecule has 30 heavy (non-hydrogen) atoms. The number of hydrogen-bond donors (Lipinski definition) is 1. The first-order valence-electron chi connectivity index (χ1n) is 9.49. The fourth-order valence-electron chi connectivity index (χ4n) is 3.48. The van der Waals surface area contributed by atoms with Crippen molar-refractivity contribution in [3.63, 3.8) is 0 Å². The molecule has 1 aliphatic rings. The summed E-state index contributed by atoms with van der Waals surface area (Å²) in [4.78, 5) is 26.0. The maximum Gasteiger partial charge on any atom is 0.336 e. The molecule has 9 heteroatoms. The number of benzene rings is 2. The molecule has 1 fully saturated rings. The van der Waals surface area contributed by atoms with Crippen molar-refractivity contribution in [1.82, 2.24) is 4.90 Å². The zero-order chi connectivity index (χ0) is 21.3. The number of hydrogen-bond acceptors (Lipinski definition) is 5. The first kappa shape index (κ1) is 20.4. The van der Waals surface area contributed by atoms with Crippen LogP contribution in [0, 0.1) is 0 Å². The molecule has 0 spiro atoms. The van der Waals surface area contributed by atoms with Crippen LogP contribution in [0.15, 0.2) is 62.6 Å². The zero-order valence-corrected chi connectivity index (χ0v) is 17.5. The lowest BCUT2D eigenvalue weighted by atomic mass is 10.1. The van der Waals surface area contributed by atoms with Crippen LogP contribution in [0.25, 0.3) is 11.0 Å². The second-order valence-electron chi connectivity index (χ2n) is 7.10. The third-order valence-electron chi connectivity index (χ3n) is 5.00. The van der Waals surface area contributed by atoms with Crippen LogP contribution in [0.2, 0.25) is 5.02 Å². The molecule has 1 aliphatic heterocycles. The maximum atomic E-state index is 13.0. The highest BCUT2D eigenvalue weighted by Crippen LogP contribution is 2.27. The van der Waals surface area contributed by atoms with Crippen molar-refractivity contribution in [2.24, 2.45) is 0 Å². The molecule has 7 nitrogen and oxygen atoms in total. The van der Waals surface area contributed by atoms with E-state index in [9.17, 15) is 18.0 Å². The summed E-state index contributed by atoms with van der Waals surface area (Å²) in [7, 11) is -4.02. The van der Waals surface area contributed by atoms with Gasteiger partial charge in [0, 0.05) is 29.6 Å². The lowest BCUT2D eigenvalue weighted by molar-refractivity contribution is 0.0725. The SMILES string of the molecule is O=C(c1ccc(Cl)cc1NS(=O)(=O)c1ccc2oc(=O)ccc2c1)N1CCCCC1. The van der Waals surface area contributed by atoms with E-state index in [2.05, 4.69) is 4.72 Å². The number of carbonyl (C=O) groups excluding carboxylic acids is 1. The number of anilines is 1. The number of nitrogens with one attached hydrogen (secondary N) is 1. The number of piperidine rings is 1. The number of nitrogens with zero attached hydrogens (tertiary/aromatic N) is 1. The first-order valence-corrected chi connectivity index (χ1v) is 11.4. The molecule has 0 saturated carbocycles. The summed E-state index contributed by atoms with van der Waals surface area (Å²) in [6.07, 6.45) is 2.92. The first-order chi connectivity index (χ1) is 14.3. The van der Waals surface area contributed by atoms with E-state index in [1.54, 1.807) is 11.0 Å². The summed E-state index contributed by atoms with van der Waals surface area (Å²) >= 11 is 6.07. The molecule has 1 saturated heterocycles. The van der Waals surface area contributed by atoms with Gasteiger partial charge in [0.1, 0.15) is 5.58 Å². The highest BCUT2D eigenvalue weighted by Gasteiger charge is 2.24. The van der Waals surface area contributed by atoms with Gasteiger partial charge in [0.25, 0.3) is 15.9 Å². The highest BCUT2D eigenvalue weighted by molar-refractivity contribution is 7.92. The molecule has 2 heterocycles. The molecule has 0 atom stereocenters. The molecule has 1 aromatic heterocycles. The Hall–Kier alpha value is -2.84. The largest absolute Gasteiger partial charge is 0.423 e. The van der Waals surface area contributed by atoms with Crippen molar-refractivity contribution in [2.75, 3.05) is 17.8 Å². The van der Waals surface area contributed by atoms with Crippen molar-refractivity contribution in [3.8, 4) is 0 Å². The minimum Gasteiger partial charge on any atom is -0.423 e. The van der Waals surface area contributed by atoms with Gasteiger partial charge >= 0.3 is 5.63 Å². The maximum absolute atomic E-state index is 13.0. The summed E-state index contributed by atoms with van der Waals surface area (Å²) in [5.74, 6) is -0.232. The Kier molecular flexibility index (Phi) is 5.53. The Balaban J connectivity index is 1.69. The molecular weight excluding hydrogens is 428 g/mol. The quantitative estimate of drug-likeness (QED) is 0.613. The second kappa shape index (κ2) is 8.12. The fourth-order valence-corrected chi connectivity index (χ4v) is 4.75. The van der Waals surface area contributed by atoms with E-state index in [0.717, 1.165) is 19.3 Å². The third kappa shape index (κ3) is 4.20. The van der Waals surface area contributed by atoms with E-state index in [4.69, 9.17) is 16.0 Å². The Morgan fingerprint density at radius 1 is 1.00 bits per heavy atom. The van der Waals surface area contributed by atoms with Gasteiger partial charge in [0.15, 0.2) is 0 Å². The van der Waals surface area contributed by atoms with Crippen molar-refractivity contribution in [1.29, 1.82) is 0 Å². The van der Waals surface area contributed by atoms with Gasteiger partial charge in [-0.25, -0.2) is 13.2 Å². The number of carbonyl (C=O) groups is 1. The number of sulfonamides is 1. The predicted octanol–water partition coefficient (Wildman–Crippen LogP) is 3.87. The van der Waals surface area contributed by atoms with E-state index in [-0.39, 0.29) is 27.6 Å². The van der Waals surface area contributed by atoms with Gasteiger partial charge in [-0.2, -0.15) is 0 Å². The number of likely N-dealkylation sites (tertiary alicyclic amines) is 1. The normalized spacial score (nSPS) is 14.6. The van der Waals surface area contributed by atoms with Gasteiger partial charge in [-0.1, -0.05) is 11.6 Å². The van der Waals surface area contributed by atoms with Crippen molar-refractivity contribution < 1.29 is 17.6 Å². The molecule has 2 aromatic carbocycles. The lowest BCUT2D eigenvalue weighted by Gasteiger charge is -2.27.